The highest BCUT2D eigenvalue weighted by Crippen LogP contribution is 2.24. The number of pyridine rings is 2. The van der Waals surface area contributed by atoms with E-state index in [2.05, 4.69) is 98.4 Å². The second-order valence-corrected chi connectivity index (χ2v) is 23.0. The van der Waals surface area contributed by atoms with Gasteiger partial charge in [-0.05, 0) is 65.8 Å². The van der Waals surface area contributed by atoms with Crippen molar-refractivity contribution in [2.75, 3.05) is 132 Å². The summed E-state index contributed by atoms with van der Waals surface area (Å²) in [6.45, 7) is 16.8. The molecule has 0 radical (unpaired) electrons. The molecule has 3 aliphatic heterocycles. The number of nitrogens with zero attached hydrogens (tertiary/aromatic N) is 15. The first-order valence-electron chi connectivity index (χ1n) is 29.8. The molecule has 0 aliphatic carbocycles. The van der Waals surface area contributed by atoms with Crippen molar-refractivity contribution >= 4 is 87.4 Å². The third-order valence-electron chi connectivity index (χ3n) is 12.9. The van der Waals surface area contributed by atoms with Crippen LogP contribution < -0.4 is 53.6 Å². The number of nitrogen functional groups attached to an aromatic ring is 1. The minimum Gasteiger partial charge on any atom is -0.444 e. The zero-order chi connectivity index (χ0) is 69.8. The summed E-state index contributed by atoms with van der Waals surface area (Å²) in [7, 11) is 4.55. The number of ether oxygens (including phenoxy) is 5. The molecule has 5 amide bonds. The Labute approximate surface area is 558 Å². The summed E-state index contributed by atoms with van der Waals surface area (Å²) in [5.41, 5.74) is 8.11. The number of carbonyl (C=O) groups is 5. The molecule has 0 saturated carbocycles. The zero-order valence-electron chi connectivity index (χ0n) is 54.3. The SMILES string of the molecule is CNC(=O)c1nnc(Cl)cc1NCC1CN(C(=O)OC(C)(C)C)CCO1.CNC(=O)c1nnc(Nc2ccc(C#N)nc2)cc1NCC1CN(C(=O)OC(C)(C)C)CCO1.CNC(=O)c1nnc(Nc2ccc(C#N)nc2)cc1NCC1CNCCO1.N#Cc1cnc(N)cn1. The molecule has 6 aromatic heterocycles. The number of aromatic nitrogens is 10. The van der Waals surface area contributed by atoms with Crippen molar-refractivity contribution in [1.82, 2.24) is 81.6 Å². The monoisotopic (exact) mass is 1340 g/mol. The van der Waals surface area contributed by atoms with E-state index in [0.717, 1.165) is 13.1 Å². The number of nitrogens with two attached hydrogens (primary N) is 1. The number of hydrogen-bond acceptors (Lipinski definition) is 30. The lowest BCUT2D eigenvalue weighted by Gasteiger charge is -2.34. The first-order chi connectivity index (χ1) is 45.9. The van der Waals surface area contributed by atoms with Crippen LogP contribution in [0.3, 0.4) is 0 Å². The van der Waals surface area contributed by atoms with E-state index < -0.39 is 17.1 Å². The van der Waals surface area contributed by atoms with Gasteiger partial charge in [0.25, 0.3) is 17.7 Å². The van der Waals surface area contributed by atoms with Gasteiger partial charge < -0.3 is 87.1 Å². The highest BCUT2D eigenvalue weighted by molar-refractivity contribution is 6.29. The predicted molar refractivity (Wildman–Crippen MR) is 350 cm³/mol. The van der Waals surface area contributed by atoms with E-state index in [4.69, 9.17) is 56.8 Å². The van der Waals surface area contributed by atoms with Crippen molar-refractivity contribution in [3.05, 3.63) is 107 Å². The summed E-state index contributed by atoms with van der Waals surface area (Å²) in [6, 6.07) is 17.2. The van der Waals surface area contributed by atoms with Gasteiger partial charge in [-0.3, -0.25) is 14.4 Å². The fourth-order valence-corrected chi connectivity index (χ4v) is 8.53. The first kappa shape index (κ1) is 74.0. The number of rotatable bonds is 16. The lowest BCUT2D eigenvalue weighted by atomic mass is 10.2. The molecule has 0 bridgehead atoms. The van der Waals surface area contributed by atoms with Crippen LogP contribution in [0.15, 0.2) is 67.3 Å². The van der Waals surface area contributed by atoms with Crippen molar-refractivity contribution < 1.29 is 47.7 Å². The van der Waals surface area contributed by atoms with Crippen molar-refractivity contribution in [3.8, 4) is 18.2 Å². The Kier molecular flexibility index (Phi) is 28.1. The van der Waals surface area contributed by atoms with Crippen LogP contribution in [0.25, 0.3) is 0 Å². The molecule has 0 spiro atoms. The molecule has 11 N–H and O–H groups in total. The second kappa shape index (κ2) is 36.4. The van der Waals surface area contributed by atoms with Gasteiger partial charge in [0, 0.05) is 85.2 Å². The lowest BCUT2D eigenvalue weighted by Crippen LogP contribution is -2.49. The van der Waals surface area contributed by atoms with E-state index in [1.807, 2.05) is 59.8 Å². The topological polar surface area (TPSA) is 473 Å². The third kappa shape index (κ3) is 24.5. The normalized spacial score (nSPS) is 15.7. The molecule has 9 rings (SSSR count). The van der Waals surface area contributed by atoms with Gasteiger partial charge in [-0.15, -0.1) is 30.6 Å². The number of hydrogen-bond donors (Lipinski definition) is 10. The predicted octanol–water partition coefficient (Wildman–Crippen LogP) is 3.61. The summed E-state index contributed by atoms with van der Waals surface area (Å²) in [5, 5.41) is 76.2. The molecule has 0 aromatic carbocycles. The highest BCUT2D eigenvalue weighted by Gasteiger charge is 2.31. The molecule has 3 fully saturated rings. The molecule has 9 heterocycles. The van der Waals surface area contributed by atoms with Gasteiger partial charge in [0.1, 0.15) is 46.6 Å². The molecule has 3 atom stereocenters. The summed E-state index contributed by atoms with van der Waals surface area (Å²) in [6.07, 6.45) is 4.37. The molecular weight excluding hydrogens is 1270 g/mol. The molecule has 3 aliphatic rings. The highest BCUT2D eigenvalue weighted by atomic mass is 35.5. The number of carbonyl (C=O) groups excluding carboxylic acids is 5. The van der Waals surface area contributed by atoms with Gasteiger partial charge in [-0.25, -0.2) is 29.5 Å². The maximum atomic E-state index is 12.4. The van der Waals surface area contributed by atoms with E-state index in [1.54, 1.807) is 46.2 Å². The van der Waals surface area contributed by atoms with Crippen LogP contribution >= 0.6 is 11.6 Å². The maximum absolute atomic E-state index is 12.4. The van der Waals surface area contributed by atoms with E-state index in [-0.39, 0.29) is 70.2 Å². The number of morpholine rings is 3. The van der Waals surface area contributed by atoms with Crippen LogP contribution in [0.5, 0.6) is 0 Å². The average Bonchev–Trinajstić information content (AvgIpc) is 0.943. The molecule has 36 heteroatoms. The summed E-state index contributed by atoms with van der Waals surface area (Å²) >= 11 is 5.87. The Morgan fingerprint density at radius 3 is 1.36 bits per heavy atom. The van der Waals surface area contributed by atoms with Crippen LogP contribution in [-0.4, -0.2) is 220 Å². The third-order valence-corrected chi connectivity index (χ3v) is 13.1. The number of nitrogens with one attached hydrogen (secondary N) is 9. The number of halogens is 1. The van der Waals surface area contributed by atoms with E-state index in [1.165, 1.54) is 52.0 Å². The van der Waals surface area contributed by atoms with Crippen LogP contribution in [-0.2, 0) is 23.7 Å². The van der Waals surface area contributed by atoms with Gasteiger partial charge in [0.2, 0.25) is 0 Å². The Balaban J connectivity index is 0.000000215. The van der Waals surface area contributed by atoms with E-state index in [9.17, 15) is 24.0 Å². The fourth-order valence-electron chi connectivity index (χ4n) is 8.39. The molecule has 6 aromatic rings. The molecule has 508 valence electrons. The standard InChI is InChI=1S/C22H28N8O4.C17H20N8O2.C16H24ClN5O4.C5H4N4/c1-22(2,3)34-21(32)30-7-8-33-16(13-30)12-26-17-9-18(28-29-19(17)20(31)24-4)27-15-6-5-14(10-23)25-11-15;1-19-17(26)16-14(22-10-13-9-20-4-5-27-13)6-15(24-25-16)23-12-3-2-11(7-18)21-8-12;1-16(2,3)26-15(24)22-5-6-25-10(9-22)8-19-11-7-12(17)20-21-13(11)14(23)18-4;6-1-4-2-9-5(7)3-8-4/h5-6,9,11,16H,7-8,12-13H2,1-4H3,(H,24,31)(H2,26,27,28);2-3,6,8,13,20H,4-5,9-10H2,1H3,(H,19,26)(H2,22,23,24);7,10H,5-6,8-9H2,1-4H3,(H,18,23)(H,19,20);2-3H,(H2,7,9). The van der Waals surface area contributed by atoms with Crippen molar-refractivity contribution in [1.29, 1.82) is 15.8 Å². The summed E-state index contributed by atoms with van der Waals surface area (Å²) in [5.74, 6) is 0.0346. The average molecular weight is 1340 g/mol. The molecule has 96 heavy (non-hydrogen) atoms. The minimum absolute atomic E-state index is 0.00332. The molecular formula is C60H76ClN25O10. The molecule has 3 saturated heterocycles. The minimum atomic E-state index is -0.581. The maximum Gasteiger partial charge on any atom is 0.410 e. The summed E-state index contributed by atoms with van der Waals surface area (Å²) < 4.78 is 28.0. The van der Waals surface area contributed by atoms with Crippen molar-refractivity contribution in [3.63, 3.8) is 0 Å². The Bertz CT molecular complexity index is 3710. The molecule has 3 unspecified atom stereocenters. The van der Waals surface area contributed by atoms with E-state index in [0.29, 0.717) is 123 Å². The quantitative estimate of drug-likeness (QED) is 0.0661. The smallest absolute Gasteiger partial charge is 0.410 e. The largest absolute Gasteiger partial charge is 0.444 e. The van der Waals surface area contributed by atoms with Crippen LogP contribution in [0.4, 0.5) is 55.5 Å². The van der Waals surface area contributed by atoms with Gasteiger partial charge >= 0.3 is 12.2 Å². The van der Waals surface area contributed by atoms with E-state index >= 15 is 0 Å². The zero-order valence-corrected chi connectivity index (χ0v) is 55.1. The Morgan fingerprint density at radius 1 is 0.573 bits per heavy atom. The first-order valence-corrected chi connectivity index (χ1v) is 30.2. The Morgan fingerprint density at radius 2 is 0.990 bits per heavy atom. The van der Waals surface area contributed by atoms with Gasteiger partial charge in [0.15, 0.2) is 39.6 Å². The lowest BCUT2D eigenvalue weighted by molar-refractivity contribution is -0.0373. The van der Waals surface area contributed by atoms with Gasteiger partial charge in [0.05, 0.1) is 104 Å². The van der Waals surface area contributed by atoms with Crippen LogP contribution in [0, 0.1) is 34.0 Å². The Hall–Kier alpha value is -11.0. The second-order valence-electron chi connectivity index (χ2n) is 22.6. The number of anilines is 8. The van der Waals surface area contributed by atoms with Gasteiger partial charge in [-0.1, -0.05) is 11.6 Å². The van der Waals surface area contributed by atoms with Crippen molar-refractivity contribution in [2.24, 2.45) is 0 Å². The van der Waals surface area contributed by atoms with Crippen LogP contribution in [0.2, 0.25) is 5.15 Å². The number of nitriles is 3. The van der Waals surface area contributed by atoms with Gasteiger partial charge in [-0.2, -0.15) is 15.8 Å². The fraction of sp³-hybridized carbons (Fsp3) is 0.433. The number of amides is 5. The van der Waals surface area contributed by atoms with Crippen LogP contribution in [0.1, 0.15) is 90.1 Å². The van der Waals surface area contributed by atoms with Crippen molar-refractivity contribution in [2.45, 2.75) is 71.1 Å². The molecule has 35 nitrogen and oxygen atoms in total. The summed E-state index contributed by atoms with van der Waals surface area (Å²) in [4.78, 5) is 79.3.